The maximum absolute atomic E-state index is 12.5. The van der Waals surface area contributed by atoms with Crippen molar-refractivity contribution in [3.8, 4) is 0 Å². The lowest BCUT2D eigenvalue weighted by molar-refractivity contribution is -0.139. The average molecular weight is 350 g/mol. The second-order valence-corrected chi connectivity index (χ2v) is 5.62. The number of pyridine rings is 1. The van der Waals surface area contributed by atoms with Crippen LogP contribution in [0.4, 0.5) is 5.69 Å². The molecule has 1 aromatic carbocycles. The zero-order valence-corrected chi connectivity index (χ0v) is 14.7. The van der Waals surface area contributed by atoms with Gasteiger partial charge in [0.05, 0.1) is 31.0 Å². The average Bonchev–Trinajstić information content (AvgIpc) is 2.89. The highest BCUT2D eigenvalue weighted by Gasteiger charge is 2.28. The minimum atomic E-state index is -0.647. The number of carbonyl (C=O) groups is 2. The molecule has 2 heterocycles. The molecule has 1 aliphatic heterocycles. The number of aryl methyl sites for hydroxylation is 1. The van der Waals surface area contributed by atoms with Crippen molar-refractivity contribution < 1.29 is 19.1 Å². The monoisotopic (exact) mass is 350 g/mol. The number of esters is 2. The standard InChI is InChI=1S/C20H18N2O4/c1-13-10-11-14-7-6-9-16(17(14)21-13)22-12-5-4-8-15(19(23)25-2)18(22)20(24)26-3/h4-12H,1-3H3. The van der Waals surface area contributed by atoms with Crippen molar-refractivity contribution in [3.05, 3.63) is 71.7 Å². The maximum Gasteiger partial charge on any atom is 0.355 e. The van der Waals surface area contributed by atoms with Gasteiger partial charge in [0.15, 0.2) is 0 Å². The van der Waals surface area contributed by atoms with Gasteiger partial charge in [-0.15, -0.1) is 0 Å². The minimum absolute atomic E-state index is 0.0696. The van der Waals surface area contributed by atoms with Crippen LogP contribution in [0.25, 0.3) is 10.9 Å². The molecular formula is C20H18N2O4. The number of allylic oxidation sites excluding steroid dienone is 2. The van der Waals surface area contributed by atoms with Crippen molar-refractivity contribution in [2.75, 3.05) is 19.1 Å². The Labute approximate surface area is 151 Å². The number of anilines is 1. The molecule has 0 fully saturated rings. The summed E-state index contributed by atoms with van der Waals surface area (Å²) in [6.07, 6.45) is 6.61. The van der Waals surface area contributed by atoms with E-state index < -0.39 is 11.9 Å². The lowest BCUT2D eigenvalue weighted by Gasteiger charge is -2.24. The summed E-state index contributed by atoms with van der Waals surface area (Å²) in [5.74, 6) is -1.27. The van der Waals surface area contributed by atoms with E-state index >= 15 is 0 Å². The van der Waals surface area contributed by atoms with Gasteiger partial charge in [0.2, 0.25) is 0 Å². The number of carbonyl (C=O) groups excluding carboxylic acids is 2. The van der Waals surface area contributed by atoms with Crippen LogP contribution >= 0.6 is 0 Å². The predicted molar refractivity (Wildman–Crippen MR) is 98.3 cm³/mol. The van der Waals surface area contributed by atoms with E-state index in [0.717, 1.165) is 11.1 Å². The topological polar surface area (TPSA) is 68.7 Å². The Hall–Kier alpha value is -3.41. The van der Waals surface area contributed by atoms with Crippen molar-refractivity contribution >= 4 is 28.5 Å². The largest absolute Gasteiger partial charge is 0.465 e. The van der Waals surface area contributed by atoms with Gasteiger partial charge in [0.25, 0.3) is 0 Å². The molecule has 0 saturated carbocycles. The fourth-order valence-electron chi connectivity index (χ4n) is 2.77. The third-order valence-electron chi connectivity index (χ3n) is 3.99. The molecule has 3 rings (SSSR count). The Balaban J connectivity index is 2.30. The maximum atomic E-state index is 12.5. The van der Waals surface area contributed by atoms with Crippen LogP contribution in [0, 0.1) is 6.92 Å². The van der Waals surface area contributed by atoms with Gasteiger partial charge in [-0.1, -0.05) is 24.3 Å². The molecule has 0 saturated heterocycles. The Kier molecular flexibility index (Phi) is 4.84. The van der Waals surface area contributed by atoms with E-state index in [1.165, 1.54) is 20.3 Å². The van der Waals surface area contributed by atoms with E-state index in [0.29, 0.717) is 11.2 Å². The van der Waals surface area contributed by atoms with Crippen LogP contribution in [0.15, 0.2) is 66.0 Å². The summed E-state index contributed by atoms with van der Waals surface area (Å²) in [5.41, 5.74) is 2.39. The number of rotatable bonds is 3. The first-order chi connectivity index (χ1) is 12.6. The van der Waals surface area contributed by atoms with Crippen molar-refractivity contribution in [2.45, 2.75) is 6.92 Å². The van der Waals surface area contributed by atoms with E-state index in [9.17, 15) is 9.59 Å². The molecular weight excluding hydrogens is 332 g/mol. The first-order valence-corrected chi connectivity index (χ1v) is 7.98. The fraction of sp³-hybridized carbons (Fsp3) is 0.150. The van der Waals surface area contributed by atoms with E-state index in [1.54, 1.807) is 23.3 Å². The normalized spacial score (nSPS) is 13.7. The quantitative estimate of drug-likeness (QED) is 0.793. The van der Waals surface area contributed by atoms with E-state index in [4.69, 9.17) is 9.47 Å². The molecule has 2 aromatic rings. The highest BCUT2D eigenvalue weighted by molar-refractivity contribution is 6.07. The summed E-state index contributed by atoms with van der Waals surface area (Å²) in [6.45, 7) is 1.90. The van der Waals surface area contributed by atoms with Crippen LogP contribution in [-0.4, -0.2) is 31.1 Å². The molecule has 6 heteroatoms. The van der Waals surface area contributed by atoms with Gasteiger partial charge in [-0.05, 0) is 31.2 Å². The van der Waals surface area contributed by atoms with E-state index in [-0.39, 0.29) is 11.3 Å². The number of benzene rings is 1. The Morgan fingerprint density at radius 1 is 1.00 bits per heavy atom. The molecule has 1 aliphatic rings. The van der Waals surface area contributed by atoms with Gasteiger partial charge in [-0.25, -0.2) is 9.59 Å². The summed E-state index contributed by atoms with van der Waals surface area (Å²) in [7, 11) is 2.54. The van der Waals surface area contributed by atoms with Crippen molar-refractivity contribution in [3.63, 3.8) is 0 Å². The lowest BCUT2D eigenvalue weighted by Crippen LogP contribution is -2.27. The van der Waals surface area contributed by atoms with Crippen molar-refractivity contribution in [2.24, 2.45) is 0 Å². The summed E-state index contributed by atoms with van der Waals surface area (Å²) >= 11 is 0. The van der Waals surface area contributed by atoms with E-state index in [1.807, 2.05) is 37.3 Å². The number of hydrogen-bond donors (Lipinski definition) is 0. The number of nitrogens with zero attached hydrogens (tertiary/aromatic N) is 2. The number of ether oxygens (including phenoxy) is 2. The molecule has 0 aliphatic carbocycles. The summed E-state index contributed by atoms with van der Waals surface area (Å²) in [4.78, 5) is 31.0. The molecule has 0 N–H and O–H groups in total. The Morgan fingerprint density at radius 2 is 1.77 bits per heavy atom. The van der Waals surface area contributed by atoms with Gasteiger partial charge >= 0.3 is 11.9 Å². The molecule has 6 nitrogen and oxygen atoms in total. The molecule has 0 amide bonds. The third-order valence-corrected chi connectivity index (χ3v) is 3.99. The van der Waals surface area contributed by atoms with Gasteiger partial charge in [-0.3, -0.25) is 4.98 Å². The summed E-state index contributed by atoms with van der Waals surface area (Å²) in [5, 5.41) is 0.919. The van der Waals surface area contributed by atoms with Crippen LogP contribution in [-0.2, 0) is 19.1 Å². The summed E-state index contributed by atoms with van der Waals surface area (Å²) in [6, 6.07) is 9.52. The first kappa shape index (κ1) is 17.4. The molecule has 0 unspecified atom stereocenters. The highest BCUT2D eigenvalue weighted by atomic mass is 16.5. The number of para-hydroxylation sites is 1. The SMILES string of the molecule is COC(=O)C1=C(C(=O)OC)N(c2cccc3ccc(C)nc23)C=CC=C1. The van der Waals surface area contributed by atoms with Crippen LogP contribution in [0.2, 0.25) is 0 Å². The van der Waals surface area contributed by atoms with Gasteiger partial charge in [0.1, 0.15) is 5.70 Å². The third kappa shape index (κ3) is 3.09. The molecule has 0 bridgehead atoms. The Bertz CT molecular complexity index is 973. The fourth-order valence-corrected chi connectivity index (χ4v) is 2.77. The first-order valence-electron chi connectivity index (χ1n) is 7.98. The lowest BCUT2D eigenvalue weighted by atomic mass is 10.1. The van der Waals surface area contributed by atoms with E-state index in [2.05, 4.69) is 4.98 Å². The Morgan fingerprint density at radius 3 is 2.50 bits per heavy atom. The second kappa shape index (κ2) is 7.23. The molecule has 132 valence electrons. The number of aromatic nitrogens is 1. The highest BCUT2D eigenvalue weighted by Crippen LogP contribution is 2.31. The van der Waals surface area contributed by atoms with Gasteiger partial charge in [0, 0.05) is 17.3 Å². The zero-order valence-electron chi connectivity index (χ0n) is 14.7. The van der Waals surface area contributed by atoms with Crippen LogP contribution in [0.3, 0.4) is 0 Å². The van der Waals surface area contributed by atoms with Gasteiger partial charge < -0.3 is 14.4 Å². The van der Waals surface area contributed by atoms with Crippen LogP contribution in [0.1, 0.15) is 5.69 Å². The van der Waals surface area contributed by atoms with Crippen LogP contribution in [0.5, 0.6) is 0 Å². The second-order valence-electron chi connectivity index (χ2n) is 5.62. The molecule has 0 radical (unpaired) electrons. The molecule has 26 heavy (non-hydrogen) atoms. The zero-order chi connectivity index (χ0) is 18.7. The number of fused-ring (bicyclic) bond motifs is 1. The summed E-state index contributed by atoms with van der Waals surface area (Å²) < 4.78 is 9.76. The molecule has 0 spiro atoms. The minimum Gasteiger partial charge on any atom is -0.465 e. The molecule has 0 atom stereocenters. The van der Waals surface area contributed by atoms with Crippen molar-refractivity contribution in [1.29, 1.82) is 0 Å². The molecule has 1 aromatic heterocycles. The number of hydrogen-bond acceptors (Lipinski definition) is 6. The van der Waals surface area contributed by atoms with Gasteiger partial charge in [-0.2, -0.15) is 0 Å². The van der Waals surface area contributed by atoms with Crippen molar-refractivity contribution in [1.82, 2.24) is 4.98 Å². The number of methoxy groups -OCH3 is 2. The van der Waals surface area contributed by atoms with Crippen LogP contribution < -0.4 is 4.90 Å². The predicted octanol–water partition coefficient (Wildman–Crippen LogP) is 3.03. The smallest absolute Gasteiger partial charge is 0.355 e.